The molecule has 0 spiro atoms. The lowest BCUT2D eigenvalue weighted by molar-refractivity contribution is 0.0909. The number of hydrogen-bond donors (Lipinski definition) is 2. The third-order valence-electron chi connectivity index (χ3n) is 5.73. The van der Waals surface area contributed by atoms with E-state index in [1.807, 2.05) is 37.3 Å². The highest BCUT2D eigenvalue weighted by molar-refractivity contribution is 5.93. The maximum Gasteiger partial charge on any atom is 0.274 e. The van der Waals surface area contributed by atoms with Gasteiger partial charge in [0.2, 0.25) is 0 Å². The molecule has 0 radical (unpaired) electrons. The number of carbonyl (C=O) groups is 1. The van der Waals surface area contributed by atoms with Gasteiger partial charge in [0.25, 0.3) is 5.91 Å². The lowest BCUT2D eigenvalue weighted by atomic mass is 9.84. The predicted octanol–water partition coefficient (Wildman–Crippen LogP) is 3.60. The van der Waals surface area contributed by atoms with E-state index in [0.717, 1.165) is 29.4 Å². The molecule has 9 heteroatoms. The Hall–Kier alpha value is -2.22. The van der Waals surface area contributed by atoms with Crippen LogP contribution in [0, 0.1) is 12.8 Å². The van der Waals surface area contributed by atoms with Gasteiger partial charge in [0.05, 0.1) is 16.9 Å². The molecule has 1 atom stereocenters. The van der Waals surface area contributed by atoms with Crippen LogP contribution in [0.3, 0.4) is 0 Å². The molecule has 0 saturated heterocycles. The Balaban J connectivity index is 0.00000160. The molecule has 1 saturated carbocycles. The highest BCUT2D eigenvalue weighted by Gasteiger charge is 2.26. The van der Waals surface area contributed by atoms with Crippen molar-refractivity contribution in [3.63, 3.8) is 0 Å². The summed E-state index contributed by atoms with van der Waals surface area (Å²) >= 11 is 0. The van der Waals surface area contributed by atoms with Crippen molar-refractivity contribution < 1.29 is 4.79 Å². The van der Waals surface area contributed by atoms with E-state index in [2.05, 4.69) is 20.6 Å². The number of nitrogens with two attached hydrogens (primary N) is 1. The normalized spacial score (nSPS) is 15.1. The van der Waals surface area contributed by atoms with Gasteiger partial charge >= 0.3 is 0 Å². The quantitative estimate of drug-likeness (QED) is 0.618. The van der Waals surface area contributed by atoms with Gasteiger partial charge in [-0.25, -0.2) is 4.68 Å². The number of nitrogens with one attached hydrogen (secondary N) is 1. The van der Waals surface area contributed by atoms with Crippen LogP contribution in [0.4, 0.5) is 0 Å². The first kappa shape index (κ1) is 24.1. The average Bonchev–Trinajstić information content (AvgIpc) is 3.13. The van der Waals surface area contributed by atoms with Crippen LogP contribution in [0.15, 0.2) is 36.5 Å². The molecule has 1 fully saturated rings. The van der Waals surface area contributed by atoms with Gasteiger partial charge in [0, 0.05) is 24.2 Å². The molecule has 2 heterocycles. The van der Waals surface area contributed by atoms with Crippen LogP contribution in [0.5, 0.6) is 0 Å². The Morgan fingerprint density at radius 3 is 2.73 bits per heavy atom. The van der Waals surface area contributed by atoms with Crippen LogP contribution >= 0.6 is 24.8 Å². The molecule has 7 nitrogen and oxygen atoms in total. The standard InChI is InChI=1S/C21H26N6O.2ClH/c1-14-20(21(28)24-19(13-22)15-6-3-2-4-7-15)25-26-27(14)17-9-10-18-16(12-17)8-5-11-23-18;;/h5,8-12,15,19H,2-4,6-7,13,22H2,1H3,(H,24,28);2*1H. The van der Waals surface area contributed by atoms with E-state index < -0.39 is 0 Å². The predicted molar refractivity (Wildman–Crippen MR) is 123 cm³/mol. The zero-order valence-corrected chi connectivity index (χ0v) is 18.6. The SMILES string of the molecule is Cc1c(C(=O)NC(CN)C2CCCCC2)nnn1-c1ccc2ncccc2c1.Cl.Cl. The molecule has 1 aliphatic rings. The van der Waals surface area contributed by atoms with Crippen LogP contribution < -0.4 is 11.1 Å². The Bertz CT molecular complexity index is 987. The van der Waals surface area contributed by atoms with Gasteiger partial charge in [-0.3, -0.25) is 9.78 Å². The van der Waals surface area contributed by atoms with Crippen LogP contribution in [-0.4, -0.2) is 38.5 Å². The molecule has 3 N–H and O–H groups in total. The smallest absolute Gasteiger partial charge is 0.274 e. The molecule has 0 bridgehead atoms. The molecular formula is C21H28Cl2N6O. The van der Waals surface area contributed by atoms with E-state index >= 15 is 0 Å². The summed E-state index contributed by atoms with van der Waals surface area (Å²) in [6.07, 6.45) is 7.71. The van der Waals surface area contributed by atoms with Crippen LogP contribution in [-0.2, 0) is 0 Å². The fraction of sp³-hybridized carbons (Fsp3) is 0.429. The number of carbonyl (C=O) groups excluding carboxylic acids is 1. The Kier molecular flexibility index (Phi) is 8.58. The second kappa shape index (κ2) is 10.7. The van der Waals surface area contributed by atoms with Gasteiger partial charge in [0.15, 0.2) is 5.69 Å². The highest BCUT2D eigenvalue weighted by atomic mass is 35.5. The van der Waals surface area contributed by atoms with E-state index in [0.29, 0.717) is 23.9 Å². The molecule has 1 unspecified atom stereocenters. The number of benzene rings is 1. The van der Waals surface area contributed by atoms with Gasteiger partial charge in [-0.1, -0.05) is 30.5 Å². The largest absolute Gasteiger partial charge is 0.346 e. The molecule has 162 valence electrons. The van der Waals surface area contributed by atoms with Crippen molar-refractivity contribution in [1.82, 2.24) is 25.3 Å². The number of nitrogens with zero attached hydrogens (tertiary/aromatic N) is 4. The average molecular weight is 451 g/mol. The number of aromatic nitrogens is 4. The second-order valence-corrected chi connectivity index (χ2v) is 7.53. The Morgan fingerprint density at radius 2 is 2.00 bits per heavy atom. The number of rotatable bonds is 5. The molecule has 3 aromatic rings. The topological polar surface area (TPSA) is 98.7 Å². The van der Waals surface area contributed by atoms with Crippen LogP contribution in [0.25, 0.3) is 16.6 Å². The Labute approximate surface area is 188 Å². The minimum atomic E-state index is -0.202. The van der Waals surface area contributed by atoms with Gasteiger partial charge in [-0.2, -0.15) is 0 Å². The zero-order chi connectivity index (χ0) is 19.5. The number of halogens is 2. The fourth-order valence-corrected chi connectivity index (χ4v) is 4.12. The van der Waals surface area contributed by atoms with Crippen LogP contribution in [0.1, 0.15) is 48.3 Å². The minimum Gasteiger partial charge on any atom is -0.346 e. The third kappa shape index (κ3) is 4.91. The molecule has 1 aliphatic carbocycles. The molecule has 30 heavy (non-hydrogen) atoms. The summed E-state index contributed by atoms with van der Waals surface area (Å²) in [6.45, 7) is 2.31. The molecule has 4 rings (SSSR count). The van der Waals surface area contributed by atoms with Crippen molar-refractivity contribution in [2.24, 2.45) is 11.7 Å². The number of fused-ring (bicyclic) bond motifs is 1. The van der Waals surface area contributed by atoms with Crippen LogP contribution in [0.2, 0.25) is 0 Å². The number of pyridine rings is 1. The van der Waals surface area contributed by atoms with Crippen molar-refractivity contribution in [2.75, 3.05) is 6.54 Å². The lowest BCUT2D eigenvalue weighted by Crippen LogP contribution is -2.46. The maximum absolute atomic E-state index is 12.8. The molecular weight excluding hydrogens is 423 g/mol. The van der Waals surface area contributed by atoms with E-state index in [9.17, 15) is 4.79 Å². The second-order valence-electron chi connectivity index (χ2n) is 7.53. The molecule has 0 aliphatic heterocycles. The first-order valence-electron chi connectivity index (χ1n) is 9.96. The zero-order valence-electron chi connectivity index (χ0n) is 17.0. The maximum atomic E-state index is 12.8. The van der Waals surface area contributed by atoms with Gasteiger partial charge < -0.3 is 11.1 Å². The summed E-state index contributed by atoms with van der Waals surface area (Å²) in [5.41, 5.74) is 8.78. The van der Waals surface area contributed by atoms with Crippen molar-refractivity contribution in [3.05, 3.63) is 47.9 Å². The molecule has 2 aromatic heterocycles. The summed E-state index contributed by atoms with van der Waals surface area (Å²) in [5.74, 6) is 0.248. The highest BCUT2D eigenvalue weighted by Crippen LogP contribution is 2.26. The lowest BCUT2D eigenvalue weighted by Gasteiger charge is -2.29. The van der Waals surface area contributed by atoms with E-state index in [1.54, 1.807) is 10.9 Å². The molecule has 1 aromatic carbocycles. The molecule has 1 amide bonds. The van der Waals surface area contributed by atoms with E-state index in [-0.39, 0.29) is 36.8 Å². The minimum absolute atomic E-state index is 0. The number of amides is 1. The summed E-state index contributed by atoms with van der Waals surface area (Å²) in [5, 5.41) is 12.5. The van der Waals surface area contributed by atoms with Crippen molar-refractivity contribution >= 4 is 41.6 Å². The van der Waals surface area contributed by atoms with E-state index in [1.165, 1.54) is 19.3 Å². The van der Waals surface area contributed by atoms with Gasteiger partial charge in [-0.05, 0) is 49.9 Å². The van der Waals surface area contributed by atoms with E-state index in [4.69, 9.17) is 5.73 Å². The van der Waals surface area contributed by atoms with Gasteiger partial charge in [0.1, 0.15) is 0 Å². The van der Waals surface area contributed by atoms with Crippen molar-refractivity contribution in [2.45, 2.75) is 45.1 Å². The third-order valence-corrected chi connectivity index (χ3v) is 5.73. The first-order chi connectivity index (χ1) is 13.7. The summed E-state index contributed by atoms with van der Waals surface area (Å²) in [7, 11) is 0. The van der Waals surface area contributed by atoms with Crippen molar-refractivity contribution in [1.29, 1.82) is 0 Å². The van der Waals surface area contributed by atoms with Crippen molar-refractivity contribution in [3.8, 4) is 5.69 Å². The fourth-order valence-electron chi connectivity index (χ4n) is 4.12. The summed E-state index contributed by atoms with van der Waals surface area (Å²) in [6, 6.07) is 9.77. The van der Waals surface area contributed by atoms with Gasteiger partial charge in [-0.15, -0.1) is 29.9 Å². The number of hydrogen-bond acceptors (Lipinski definition) is 5. The monoisotopic (exact) mass is 450 g/mol. The Morgan fingerprint density at radius 1 is 1.23 bits per heavy atom. The first-order valence-corrected chi connectivity index (χ1v) is 9.96. The summed E-state index contributed by atoms with van der Waals surface area (Å²) in [4.78, 5) is 17.2. The summed E-state index contributed by atoms with van der Waals surface area (Å²) < 4.78 is 1.69.